The van der Waals surface area contributed by atoms with E-state index in [9.17, 15) is 0 Å². The molecule has 2 aromatic heterocycles. The third-order valence-electron chi connectivity index (χ3n) is 2.34. The first-order chi connectivity index (χ1) is 7.65. The standard InChI is InChI=1S/C9H11Cl2N5/c1-3-16(4-2)7-5-6(13-8(10)12-5)14-9(11)15-7/h3-4H2,1-2H3,(H,12,13,14,15). The monoisotopic (exact) mass is 259 g/mol. The highest BCUT2D eigenvalue weighted by molar-refractivity contribution is 6.30. The average molecular weight is 260 g/mol. The first kappa shape index (κ1) is 11.4. The van der Waals surface area contributed by atoms with E-state index in [0.29, 0.717) is 10.9 Å². The number of nitrogens with one attached hydrogen (secondary N) is 1. The summed E-state index contributed by atoms with van der Waals surface area (Å²) in [5.74, 6) is 0.736. The molecular weight excluding hydrogens is 249 g/mol. The first-order valence-electron chi connectivity index (χ1n) is 4.99. The molecule has 0 fully saturated rings. The minimum absolute atomic E-state index is 0.178. The van der Waals surface area contributed by atoms with Crippen LogP contribution >= 0.6 is 23.2 Å². The Morgan fingerprint density at radius 1 is 1.12 bits per heavy atom. The van der Waals surface area contributed by atoms with E-state index in [4.69, 9.17) is 23.2 Å². The Hall–Kier alpha value is -1.07. The van der Waals surface area contributed by atoms with Crippen molar-refractivity contribution in [2.75, 3.05) is 18.0 Å². The number of fused-ring (bicyclic) bond motifs is 1. The maximum Gasteiger partial charge on any atom is 0.226 e. The Balaban J connectivity index is 2.66. The molecule has 0 unspecified atom stereocenters. The molecule has 0 aliphatic heterocycles. The minimum atomic E-state index is 0.178. The normalized spacial score (nSPS) is 11.0. The predicted molar refractivity (Wildman–Crippen MR) is 65.3 cm³/mol. The van der Waals surface area contributed by atoms with Crippen molar-refractivity contribution in [1.29, 1.82) is 0 Å². The Kier molecular flexibility index (Phi) is 3.16. The third-order valence-corrected chi connectivity index (χ3v) is 2.69. The fourth-order valence-corrected chi connectivity index (χ4v) is 1.91. The zero-order valence-corrected chi connectivity index (χ0v) is 10.5. The van der Waals surface area contributed by atoms with Crippen molar-refractivity contribution >= 4 is 40.2 Å². The highest BCUT2D eigenvalue weighted by Crippen LogP contribution is 2.24. The molecule has 0 saturated heterocycles. The van der Waals surface area contributed by atoms with E-state index in [1.165, 1.54) is 0 Å². The van der Waals surface area contributed by atoms with Gasteiger partial charge >= 0.3 is 0 Å². The van der Waals surface area contributed by atoms with Crippen LogP contribution in [0.3, 0.4) is 0 Å². The van der Waals surface area contributed by atoms with E-state index >= 15 is 0 Å². The molecular formula is C9H11Cl2N5. The van der Waals surface area contributed by atoms with E-state index in [-0.39, 0.29) is 5.28 Å². The van der Waals surface area contributed by atoms with Gasteiger partial charge in [0.15, 0.2) is 11.5 Å². The molecule has 0 spiro atoms. The molecule has 0 bridgehead atoms. The number of nitrogens with zero attached hydrogens (tertiary/aromatic N) is 4. The second-order valence-corrected chi connectivity index (χ2v) is 3.91. The number of hydrogen-bond acceptors (Lipinski definition) is 4. The summed E-state index contributed by atoms with van der Waals surface area (Å²) in [7, 11) is 0. The van der Waals surface area contributed by atoms with Gasteiger partial charge in [0.2, 0.25) is 10.6 Å². The second kappa shape index (κ2) is 4.43. The van der Waals surface area contributed by atoms with Crippen molar-refractivity contribution in [3.63, 3.8) is 0 Å². The summed E-state index contributed by atoms with van der Waals surface area (Å²) < 4.78 is 0. The van der Waals surface area contributed by atoms with Gasteiger partial charge in [0.25, 0.3) is 0 Å². The number of hydrogen-bond donors (Lipinski definition) is 1. The largest absolute Gasteiger partial charge is 0.355 e. The molecule has 7 heteroatoms. The zero-order chi connectivity index (χ0) is 11.7. The van der Waals surface area contributed by atoms with Crippen molar-refractivity contribution in [3.8, 4) is 0 Å². The molecule has 1 N–H and O–H groups in total. The van der Waals surface area contributed by atoms with Crippen LogP contribution in [0.25, 0.3) is 11.2 Å². The van der Waals surface area contributed by atoms with Gasteiger partial charge in [-0.05, 0) is 37.0 Å². The SMILES string of the molecule is CCN(CC)c1nc(Cl)nc2nc(Cl)[nH]c12. The first-order valence-corrected chi connectivity index (χ1v) is 5.75. The van der Waals surface area contributed by atoms with Crippen LogP contribution in [0.5, 0.6) is 0 Å². The van der Waals surface area contributed by atoms with Gasteiger partial charge in [0.1, 0.15) is 5.52 Å². The number of aromatic nitrogens is 4. The van der Waals surface area contributed by atoms with Crippen molar-refractivity contribution in [3.05, 3.63) is 10.6 Å². The number of imidazole rings is 1. The Morgan fingerprint density at radius 2 is 1.81 bits per heavy atom. The van der Waals surface area contributed by atoms with Gasteiger partial charge in [0.05, 0.1) is 0 Å². The lowest BCUT2D eigenvalue weighted by molar-refractivity contribution is 0.847. The molecule has 0 aliphatic rings. The number of anilines is 1. The predicted octanol–water partition coefficient (Wildman–Crippen LogP) is 2.51. The summed E-state index contributed by atoms with van der Waals surface area (Å²) in [5.41, 5.74) is 1.21. The number of aromatic amines is 1. The fourth-order valence-electron chi connectivity index (χ4n) is 1.58. The number of halogens is 2. The van der Waals surface area contributed by atoms with Gasteiger partial charge in [0, 0.05) is 13.1 Å². The molecule has 16 heavy (non-hydrogen) atoms. The molecule has 0 amide bonds. The average Bonchev–Trinajstić information content (AvgIpc) is 2.60. The topological polar surface area (TPSA) is 57.7 Å². The molecule has 2 heterocycles. The maximum atomic E-state index is 5.85. The summed E-state index contributed by atoms with van der Waals surface area (Å²) in [4.78, 5) is 17.2. The van der Waals surface area contributed by atoms with Crippen LogP contribution in [-0.2, 0) is 0 Å². The third kappa shape index (κ3) is 1.92. The van der Waals surface area contributed by atoms with E-state index in [0.717, 1.165) is 24.4 Å². The quantitative estimate of drug-likeness (QED) is 0.680. The Labute approximate surface area is 103 Å². The fraction of sp³-hybridized carbons (Fsp3) is 0.444. The van der Waals surface area contributed by atoms with Gasteiger partial charge in [-0.25, -0.2) is 0 Å². The summed E-state index contributed by atoms with van der Waals surface area (Å²) in [6, 6.07) is 0. The van der Waals surface area contributed by atoms with Crippen LogP contribution in [0.2, 0.25) is 10.6 Å². The van der Waals surface area contributed by atoms with E-state index in [2.05, 4.69) is 24.8 Å². The van der Waals surface area contributed by atoms with Crippen molar-refractivity contribution < 1.29 is 0 Å². The van der Waals surface area contributed by atoms with Gasteiger partial charge in [-0.3, -0.25) is 0 Å². The zero-order valence-electron chi connectivity index (χ0n) is 8.96. The lowest BCUT2D eigenvalue weighted by atomic mass is 10.4. The molecule has 2 aromatic rings. The molecule has 0 aromatic carbocycles. The van der Waals surface area contributed by atoms with E-state index in [1.54, 1.807) is 0 Å². The molecule has 0 aliphatic carbocycles. The van der Waals surface area contributed by atoms with Crippen LogP contribution in [0.15, 0.2) is 0 Å². The lowest BCUT2D eigenvalue weighted by Crippen LogP contribution is -2.23. The molecule has 2 rings (SSSR count). The molecule has 0 atom stereocenters. The smallest absolute Gasteiger partial charge is 0.226 e. The summed E-state index contributed by atoms with van der Waals surface area (Å²) in [6.07, 6.45) is 0. The highest BCUT2D eigenvalue weighted by Gasteiger charge is 2.14. The van der Waals surface area contributed by atoms with E-state index in [1.807, 2.05) is 13.8 Å². The van der Waals surface area contributed by atoms with Gasteiger partial charge < -0.3 is 9.88 Å². The van der Waals surface area contributed by atoms with Crippen LogP contribution in [0, 0.1) is 0 Å². The van der Waals surface area contributed by atoms with Crippen LogP contribution in [0.4, 0.5) is 5.82 Å². The summed E-state index contributed by atoms with van der Waals surface area (Å²) >= 11 is 11.6. The molecule has 0 radical (unpaired) electrons. The highest BCUT2D eigenvalue weighted by atomic mass is 35.5. The van der Waals surface area contributed by atoms with E-state index < -0.39 is 0 Å². The summed E-state index contributed by atoms with van der Waals surface area (Å²) in [6.45, 7) is 5.75. The van der Waals surface area contributed by atoms with Crippen LogP contribution in [0.1, 0.15) is 13.8 Å². The van der Waals surface area contributed by atoms with Gasteiger partial charge in [-0.15, -0.1) is 0 Å². The summed E-state index contributed by atoms with van der Waals surface area (Å²) in [5, 5.41) is 0.470. The second-order valence-electron chi connectivity index (χ2n) is 3.21. The number of rotatable bonds is 3. The van der Waals surface area contributed by atoms with Crippen molar-refractivity contribution in [2.24, 2.45) is 0 Å². The Morgan fingerprint density at radius 3 is 2.44 bits per heavy atom. The maximum absolute atomic E-state index is 5.85. The van der Waals surface area contributed by atoms with Gasteiger partial charge in [-0.2, -0.15) is 15.0 Å². The van der Waals surface area contributed by atoms with Crippen molar-refractivity contribution in [1.82, 2.24) is 19.9 Å². The van der Waals surface area contributed by atoms with Gasteiger partial charge in [-0.1, -0.05) is 0 Å². The van der Waals surface area contributed by atoms with Crippen LogP contribution < -0.4 is 4.90 Å². The number of H-pyrrole nitrogens is 1. The molecule has 5 nitrogen and oxygen atoms in total. The minimum Gasteiger partial charge on any atom is -0.355 e. The molecule has 86 valence electrons. The van der Waals surface area contributed by atoms with Crippen molar-refractivity contribution in [2.45, 2.75) is 13.8 Å². The van der Waals surface area contributed by atoms with Crippen LogP contribution in [-0.4, -0.2) is 33.0 Å². The molecule has 0 saturated carbocycles. The Bertz CT molecular complexity index is 506. The lowest BCUT2D eigenvalue weighted by Gasteiger charge is -2.19.